The Morgan fingerprint density at radius 3 is 2.76 bits per heavy atom. The average Bonchev–Trinajstić information content (AvgIpc) is 2.45. The van der Waals surface area contributed by atoms with E-state index in [1.54, 1.807) is 25.1 Å². The van der Waals surface area contributed by atoms with Gasteiger partial charge >= 0.3 is 0 Å². The third kappa shape index (κ3) is 6.72. The standard InChI is InChI=1S/C16H23N3O2/c1-4-10-17-12-15(20)18-14-7-5-6-13(11-14)8-9-16(21)19(2)3/h4-7,11,17H,1,8-10,12H2,2-3H3,(H,18,20). The Hall–Kier alpha value is -2.14. The smallest absolute Gasteiger partial charge is 0.238 e. The predicted molar refractivity (Wildman–Crippen MR) is 85.2 cm³/mol. The van der Waals surface area contributed by atoms with E-state index >= 15 is 0 Å². The summed E-state index contributed by atoms with van der Waals surface area (Å²) in [6.45, 7) is 4.42. The Morgan fingerprint density at radius 2 is 2.10 bits per heavy atom. The molecule has 21 heavy (non-hydrogen) atoms. The molecule has 2 amide bonds. The van der Waals surface area contributed by atoms with E-state index in [-0.39, 0.29) is 18.4 Å². The molecule has 0 aromatic heterocycles. The molecule has 0 fully saturated rings. The maximum Gasteiger partial charge on any atom is 0.238 e. The first-order valence-electron chi connectivity index (χ1n) is 6.93. The maximum atomic E-state index is 11.7. The molecule has 5 heteroatoms. The molecule has 0 aliphatic carbocycles. The SMILES string of the molecule is C=CCNCC(=O)Nc1cccc(CCC(=O)N(C)C)c1. The lowest BCUT2D eigenvalue weighted by molar-refractivity contribution is -0.128. The van der Waals surface area contributed by atoms with Gasteiger partial charge in [0, 0.05) is 32.7 Å². The number of amides is 2. The van der Waals surface area contributed by atoms with Crippen LogP contribution in [0.4, 0.5) is 5.69 Å². The van der Waals surface area contributed by atoms with E-state index in [0.29, 0.717) is 19.4 Å². The number of nitrogens with one attached hydrogen (secondary N) is 2. The summed E-state index contributed by atoms with van der Waals surface area (Å²) in [5.41, 5.74) is 1.78. The van der Waals surface area contributed by atoms with Gasteiger partial charge in [-0.25, -0.2) is 0 Å². The molecule has 0 saturated carbocycles. The quantitative estimate of drug-likeness (QED) is 0.562. The third-order valence-electron chi connectivity index (χ3n) is 2.91. The summed E-state index contributed by atoms with van der Waals surface area (Å²) in [7, 11) is 3.49. The van der Waals surface area contributed by atoms with Crippen LogP contribution in [0.5, 0.6) is 0 Å². The molecule has 0 saturated heterocycles. The van der Waals surface area contributed by atoms with Gasteiger partial charge in [0.25, 0.3) is 0 Å². The van der Waals surface area contributed by atoms with Gasteiger partial charge in [-0.1, -0.05) is 18.2 Å². The average molecular weight is 289 g/mol. The number of aryl methyl sites for hydroxylation is 1. The molecular formula is C16H23N3O2. The molecule has 0 spiro atoms. The van der Waals surface area contributed by atoms with Crippen LogP contribution in [0.15, 0.2) is 36.9 Å². The van der Waals surface area contributed by atoms with Gasteiger partial charge in [0.15, 0.2) is 0 Å². The van der Waals surface area contributed by atoms with Gasteiger partial charge in [-0.2, -0.15) is 0 Å². The summed E-state index contributed by atoms with van der Waals surface area (Å²) < 4.78 is 0. The molecule has 0 unspecified atom stereocenters. The van der Waals surface area contributed by atoms with E-state index in [2.05, 4.69) is 17.2 Å². The van der Waals surface area contributed by atoms with Crippen molar-refractivity contribution in [2.75, 3.05) is 32.5 Å². The number of anilines is 1. The van der Waals surface area contributed by atoms with Gasteiger partial charge in [0.05, 0.1) is 6.54 Å². The van der Waals surface area contributed by atoms with Gasteiger partial charge in [0.2, 0.25) is 11.8 Å². The largest absolute Gasteiger partial charge is 0.349 e. The Bertz CT molecular complexity index is 498. The highest BCUT2D eigenvalue weighted by atomic mass is 16.2. The number of carbonyl (C=O) groups excluding carboxylic acids is 2. The van der Waals surface area contributed by atoms with Gasteiger partial charge in [-0.15, -0.1) is 6.58 Å². The second-order valence-corrected chi connectivity index (χ2v) is 4.96. The highest BCUT2D eigenvalue weighted by Crippen LogP contribution is 2.12. The molecule has 0 atom stereocenters. The molecule has 0 aliphatic rings. The normalized spacial score (nSPS) is 10.0. The summed E-state index contributed by atoms with van der Waals surface area (Å²) >= 11 is 0. The maximum absolute atomic E-state index is 11.7. The Balaban J connectivity index is 2.50. The molecule has 1 rings (SSSR count). The van der Waals surface area contributed by atoms with E-state index in [4.69, 9.17) is 0 Å². The first-order valence-corrected chi connectivity index (χ1v) is 6.93. The van der Waals surface area contributed by atoms with Crippen molar-refractivity contribution >= 4 is 17.5 Å². The van der Waals surface area contributed by atoms with Crippen LogP contribution in [0.3, 0.4) is 0 Å². The van der Waals surface area contributed by atoms with Gasteiger partial charge in [-0.05, 0) is 24.1 Å². The van der Waals surface area contributed by atoms with Crippen LogP contribution < -0.4 is 10.6 Å². The van der Waals surface area contributed by atoms with Crippen LogP contribution in [-0.4, -0.2) is 43.9 Å². The lowest BCUT2D eigenvalue weighted by Gasteiger charge is -2.11. The Morgan fingerprint density at radius 1 is 1.33 bits per heavy atom. The van der Waals surface area contributed by atoms with Crippen molar-refractivity contribution in [2.45, 2.75) is 12.8 Å². The van der Waals surface area contributed by atoms with Crippen molar-refractivity contribution in [2.24, 2.45) is 0 Å². The topological polar surface area (TPSA) is 61.4 Å². The molecule has 0 radical (unpaired) electrons. The van der Waals surface area contributed by atoms with Crippen molar-refractivity contribution in [1.82, 2.24) is 10.2 Å². The van der Waals surface area contributed by atoms with Crippen LogP contribution in [0.1, 0.15) is 12.0 Å². The van der Waals surface area contributed by atoms with Crippen LogP contribution in [-0.2, 0) is 16.0 Å². The summed E-state index contributed by atoms with van der Waals surface area (Å²) in [6, 6.07) is 7.56. The molecule has 5 nitrogen and oxygen atoms in total. The van der Waals surface area contributed by atoms with Crippen LogP contribution in [0.2, 0.25) is 0 Å². The monoisotopic (exact) mass is 289 g/mol. The van der Waals surface area contributed by atoms with E-state index in [1.165, 1.54) is 0 Å². The second kappa shape index (κ2) is 8.92. The predicted octanol–water partition coefficient (Wildman–Crippen LogP) is 1.42. The van der Waals surface area contributed by atoms with Crippen molar-refractivity contribution < 1.29 is 9.59 Å². The Labute approximate surface area is 126 Å². The fourth-order valence-electron chi connectivity index (χ4n) is 1.77. The van der Waals surface area contributed by atoms with E-state index in [0.717, 1.165) is 11.3 Å². The zero-order chi connectivity index (χ0) is 15.7. The third-order valence-corrected chi connectivity index (χ3v) is 2.91. The summed E-state index contributed by atoms with van der Waals surface area (Å²) in [5, 5.41) is 5.76. The van der Waals surface area contributed by atoms with E-state index in [9.17, 15) is 9.59 Å². The summed E-state index contributed by atoms with van der Waals surface area (Å²) in [6.07, 6.45) is 2.83. The van der Waals surface area contributed by atoms with Crippen LogP contribution in [0.25, 0.3) is 0 Å². The lowest BCUT2D eigenvalue weighted by atomic mass is 10.1. The molecule has 1 aromatic rings. The fraction of sp³-hybridized carbons (Fsp3) is 0.375. The van der Waals surface area contributed by atoms with Crippen LogP contribution in [0, 0.1) is 0 Å². The zero-order valence-corrected chi connectivity index (χ0v) is 12.7. The summed E-state index contributed by atoms with van der Waals surface area (Å²) in [4.78, 5) is 24.8. The number of benzene rings is 1. The minimum atomic E-state index is -0.0987. The summed E-state index contributed by atoms with van der Waals surface area (Å²) in [5.74, 6) is -0.00330. The molecule has 0 heterocycles. The van der Waals surface area contributed by atoms with E-state index < -0.39 is 0 Å². The van der Waals surface area contributed by atoms with Crippen molar-refractivity contribution in [1.29, 1.82) is 0 Å². The van der Waals surface area contributed by atoms with Crippen molar-refractivity contribution in [3.63, 3.8) is 0 Å². The first-order chi connectivity index (χ1) is 10.0. The number of carbonyl (C=O) groups is 2. The molecule has 0 aliphatic heterocycles. The molecule has 0 bridgehead atoms. The van der Waals surface area contributed by atoms with Gasteiger partial charge in [-0.3, -0.25) is 9.59 Å². The number of hydrogen-bond acceptors (Lipinski definition) is 3. The van der Waals surface area contributed by atoms with Crippen LogP contribution >= 0.6 is 0 Å². The van der Waals surface area contributed by atoms with Crippen molar-refractivity contribution in [3.8, 4) is 0 Å². The fourth-order valence-corrected chi connectivity index (χ4v) is 1.77. The second-order valence-electron chi connectivity index (χ2n) is 4.96. The highest BCUT2D eigenvalue weighted by Gasteiger charge is 2.06. The molecule has 2 N–H and O–H groups in total. The number of nitrogens with zero attached hydrogens (tertiary/aromatic N) is 1. The molecular weight excluding hydrogens is 266 g/mol. The zero-order valence-electron chi connectivity index (χ0n) is 12.7. The van der Waals surface area contributed by atoms with Crippen molar-refractivity contribution in [3.05, 3.63) is 42.5 Å². The number of rotatable bonds is 8. The molecule has 114 valence electrons. The minimum absolute atomic E-state index is 0.0954. The van der Waals surface area contributed by atoms with Gasteiger partial charge in [0.1, 0.15) is 0 Å². The van der Waals surface area contributed by atoms with E-state index in [1.807, 2.05) is 24.3 Å². The molecule has 1 aromatic carbocycles. The first kappa shape index (κ1) is 16.9. The van der Waals surface area contributed by atoms with Gasteiger partial charge < -0.3 is 15.5 Å². The minimum Gasteiger partial charge on any atom is -0.349 e. The Kier molecular flexibility index (Phi) is 7.18. The number of hydrogen-bond donors (Lipinski definition) is 2. The lowest BCUT2D eigenvalue weighted by Crippen LogP contribution is -2.28. The highest BCUT2D eigenvalue weighted by molar-refractivity contribution is 5.92.